The number of carboxylic acid groups (broad SMARTS) is 1. The third kappa shape index (κ3) is 5.21. The number of carboxylic acids is 1. The van der Waals surface area contributed by atoms with Crippen LogP contribution >= 0.6 is 0 Å². The van der Waals surface area contributed by atoms with Gasteiger partial charge in [-0.1, -0.05) is 60.7 Å². The predicted octanol–water partition coefficient (Wildman–Crippen LogP) is 2.71. The first-order chi connectivity index (χ1) is 11.6. The Morgan fingerprint density at radius 3 is 1.79 bits per heavy atom. The molecule has 0 bridgehead atoms. The lowest BCUT2D eigenvalue weighted by molar-refractivity contribution is -0.151. The summed E-state index contributed by atoms with van der Waals surface area (Å²) in [7, 11) is 1.26. The van der Waals surface area contributed by atoms with Crippen LogP contribution in [0.2, 0.25) is 0 Å². The monoisotopic (exact) mass is 327 g/mol. The number of carbonyl (C=O) groups is 2. The number of aliphatic carboxylic acids is 1. The van der Waals surface area contributed by atoms with E-state index in [0.717, 1.165) is 11.1 Å². The summed E-state index contributed by atoms with van der Waals surface area (Å²) in [5, 5.41) is 9.59. The van der Waals surface area contributed by atoms with Gasteiger partial charge < -0.3 is 9.84 Å². The first kappa shape index (κ1) is 17.7. The Morgan fingerprint density at radius 1 is 0.958 bits per heavy atom. The van der Waals surface area contributed by atoms with Crippen LogP contribution in [0.3, 0.4) is 0 Å². The Balaban J connectivity index is 2.25. The van der Waals surface area contributed by atoms with Gasteiger partial charge in [-0.05, 0) is 11.1 Å². The molecule has 0 radical (unpaired) electrons. The molecule has 0 fully saturated rings. The lowest BCUT2D eigenvalue weighted by atomic mass is 10.1. The molecule has 2 rings (SSSR count). The number of methoxy groups -OCH3 is 1. The average Bonchev–Trinajstić information content (AvgIpc) is 2.60. The van der Waals surface area contributed by atoms with Crippen LogP contribution in [0.1, 0.15) is 17.5 Å². The van der Waals surface area contributed by atoms with Gasteiger partial charge in [-0.25, -0.2) is 0 Å². The Bertz CT molecular complexity index is 616. The van der Waals surface area contributed by atoms with Crippen molar-refractivity contribution >= 4 is 11.9 Å². The van der Waals surface area contributed by atoms with Gasteiger partial charge in [0.05, 0.1) is 13.5 Å². The van der Waals surface area contributed by atoms with Crippen molar-refractivity contribution in [3.8, 4) is 0 Å². The van der Waals surface area contributed by atoms with Crippen molar-refractivity contribution in [1.29, 1.82) is 0 Å². The molecule has 0 aliphatic carbocycles. The maximum absolute atomic E-state index is 11.7. The molecule has 0 aliphatic rings. The van der Waals surface area contributed by atoms with Gasteiger partial charge in [-0.15, -0.1) is 0 Å². The van der Waals surface area contributed by atoms with E-state index in [1.165, 1.54) is 7.11 Å². The van der Waals surface area contributed by atoms with Crippen molar-refractivity contribution in [2.75, 3.05) is 7.11 Å². The lowest BCUT2D eigenvalue weighted by Crippen LogP contribution is -2.42. The Kier molecular flexibility index (Phi) is 6.51. The average molecular weight is 327 g/mol. The van der Waals surface area contributed by atoms with E-state index in [4.69, 9.17) is 0 Å². The fourth-order valence-electron chi connectivity index (χ4n) is 2.53. The summed E-state index contributed by atoms with van der Waals surface area (Å²) < 4.78 is 4.65. The summed E-state index contributed by atoms with van der Waals surface area (Å²) in [5.41, 5.74) is 1.98. The standard InChI is InChI=1S/C19H21NO4/c1-24-18(21)12-17(19(22)23)20(13-15-8-4-2-5-9-15)14-16-10-6-3-7-11-16/h2-11,17H,12-14H2,1H3,(H,22,23). The summed E-state index contributed by atoms with van der Waals surface area (Å²) >= 11 is 0. The molecule has 0 saturated carbocycles. The molecule has 5 heteroatoms. The second kappa shape index (κ2) is 8.84. The molecule has 0 spiro atoms. The molecule has 0 amide bonds. The van der Waals surface area contributed by atoms with Crippen LogP contribution in [-0.4, -0.2) is 35.1 Å². The molecule has 1 unspecified atom stereocenters. The van der Waals surface area contributed by atoms with E-state index in [0.29, 0.717) is 13.1 Å². The van der Waals surface area contributed by atoms with Crippen molar-refractivity contribution in [2.45, 2.75) is 25.6 Å². The van der Waals surface area contributed by atoms with Crippen molar-refractivity contribution in [3.63, 3.8) is 0 Å². The number of esters is 1. The summed E-state index contributed by atoms with van der Waals surface area (Å²) in [5.74, 6) is -1.57. The SMILES string of the molecule is COC(=O)CC(C(=O)O)N(Cc1ccccc1)Cc1ccccc1. The van der Waals surface area contributed by atoms with Crippen molar-refractivity contribution < 1.29 is 19.4 Å². The quantitative estimate of drug-likeness (QED) is 0.755. The van der Waals surface area contributed by atoms with Gasteiger partial charge >= 0.3 is 11.9 Å². The largest absolute Gasteiger partial charge is 0.480 e. The lowest BCUT2D eigenvalue weighted by Gasteiger charge is -2.28. The minimum atomic E-state index is -1.03. The Labute approximate surface area is 141 Å². The summed E-state index contributed by atoms with van der Waals surface area (Å²) in [6.07, 6.45) is -0.189. The van der Waals surface area contributed by atoms with E-state index in [1.54, 1.807) is 4.90 Å². The second-order valence-corrected chi connectivity index (χ2v) is 5.51. The molecule has 5 nitrogen and oxygen atoms in total. The number of hydrogen-bond donors (Lipinski definition) is 1. The van der Waals surface area contributed by atoms with Crippen LogP contribution in [0, 0.1) is 0 Å². The molecule has 0 aliphatic heterocycles. The van der Waals surface area contributed by atoms with E-state index in [-0.39, 0.29) is 6.42 Å². The summed E-state index contributed by atoms with van der Waals surface area (Å²) in [6, 6.07) is 18.3. The zero-order valence-corrected chi connectivity index (χ0v) is 13.6. The van der Waals surface area contributed by atoms with Crippen LogP contribution in [0.4, 0.5) is 0 Å². The molecule has 126 valence electrons. The van der Waals surface area contributed by atoms with Crippen LogP contribution in [-0.2, 0) is 27.4 Å². The normalized spacial score (nSPS) is 11.9. The molecular formula is C19H21NO4. The highest BCUT2D eigenvalue weighted by Gasteiger charge is 2.28. The van der Waals surface area contributed by atoms with Gasteiger partial charge in [0, 0.05) is 13.1 Å². The summed E-state index contributed by atoms with van der Waals surface area (Å²) in [6.45, 7) is 0.868. The van der Waals surface area contributed by atoms with E-state index in [2.05, 4.69) is 4.74 Å². The first-order valence-corrected chi connectivity index (χ1v) is 7.71. The number of ether oxygens (including phenoxy) is 1. The van der Waals surface area contributed by atoms with Crippen molar-refractivity contribution in [3.05, 3.63) is 71.8 Å². The summed E-state index contributed by atoms with van der Waals surface area (Å²) in [4.78, 5) is 25.1. The van der Waals surface area contributed by atoms with Crippen molar-refractivity contribution in [1.82, 2.24) is 4.90 Å². The highest BCUT2D eigenvalue weighted by atomic mass is 16.5. The maximum Gasteiger partial charge on any atom is 0.321 e. The van der Waals surface area contributed by atoms with E-state index < -0.39 is 18.0 Å². The minimum Gasteiger partial charge on any atom is -0.480 e. The maximum atomic E-state index is 11.7. The molecule has 1 atom stereocenters. The van der Waals surface area contributed by atoms with Crippen molar-refractivity contribution in [2.24, 2.45) is 0 Å². The molecule has 0 aromatic heterocycles. The molecule has 24 heavy (non-hydrogen) atoms. The van der Waals surface area contributed by atoms with Crippen LogP contribution < -0.4 is 0 Å². The highest BCUT2D eigenvalue weighted by molar-refractivity contribution is 5.81. The number of hydrogen-bond acceptors (Lipinski definition) is 4. The molecule has 0 heterocycles. The van der Waals surface area contributed by atoms with Gasteiger partial charge in [0.15, 0.2) is 0 Å². The molecular weight excluding hydrogens is 306 g/mol. The van der Waals surface area contributed by atoms with E-state index >= 15 is 0 Å². The first-order valence-electron chi connectivity index (χ1n) is 7.71. The number of nitrogens with zero attached hydrogens (tertiary/aromatic N) is 1. The van der Waals surface area contributed by atoms with Gasteiger partial charge in [0.25, 0.3) is 0 Å². The number of carbonyl (C=O) groups excluding carboxylic acids is 1. The topological polar surface area (TPSA) is 66.8 Å². The Morgan fingerprint density at radius 2 is 1.42 bits per heavy atom. The van der Waals surface area contributed by atoms with Crippen LogP contribution in [0.25, 0.3) is 0 Å². The third-order valence-electron chi connectivity index (χ3n) is 3.77. The number of rotatable bonds is 8. The fraction of sp³-hybridized carbons (Fsp3) is 0.263. The smallest absolute Gasteiger partial charge is 0.321 e. The van der Waals surface area contributed by atoms with E-state index in [9.17, 15) is 14.7 Å². The molecule has 2 aromatic carbocycles. The second-order valence-electron chi connectivity index (χ2n) is 5.51. The minimum absolute atomic E-state index is 0.189. The van der Waals surface area contributed by atoms with Gasteiger partial charge in [0.1, 0.15) is 6.04 Å². The van der Waals surface area contributed by atoms with Crippen LogP contribution in [0.15, 0.2) is 60.7 Å². The van der Waals surface area contributed by atoms with Crippen LogP contribution in [0.5, 0.6) is 0 Å². The zero-order valence-electron chi connectivity index (χ0n) is 13.6. The Hall–Kier alpha value is -2.66. The van der Waals surface area contributed by atoms with Gasteiger partial charge in [-0.3, -0.25) is 14.5 Å². The van der Waals surface area contributed by atoms with Gasteiger partial charge in [0.2, 0.25) is 0 Å². The molecule has 2 aromatic rings. The zero-order chi connectivity index (χ0) is 17.4. The molecule has 1 N–H and O–H groups in total. The van der Waals surface area contributed by atoms with Gasteiger partial charge in [-0.2, -0.15) is 0 Å². The number of benzene rings is 2. The fourth-order valence-corrected chi connectivity index (χ4v) is 2.53. The van der Waals surface area contributed by atoms with E-state index in [1.807, 2.05) is 60.7 Å². The predicted molar refractivity (Wildman–Crippen MR) is 90.2 cm³/mol. The third-order valence-corrected chi connectivity index (χ3v) is 3.77. The highest BCUT2D eigenvalue weighted by Crippen LogP contribution is 2.16. The molecule has 0 saturated heterocycles.